The normalized spacial score (nSPS) is 17.3. The SMILES string of the molecule is CC(C)N1C(=O)Cc2ccccc2[C@H]1C(=O)NCc1cccs1. The number of carbonyl (C=O) groups excluding carboxylic acids is 2. The Bertz CT molecular complexity index is 710. The number of rotatable bonds is 4. The molecule has 1 aliphatic rings. The number of fused-ring (bicyclic) bond motifs is 1. The van der Waals surface area contributed by atoms with Gasteiger partial charge in [-0.15, -0.1) is 11.3 Å². The van der Waals surface area contributed by atoms with Crippen molar-refractivity contribution in [2.24, 2.45) is 0 Å². The molecular weight excluding hydrogens is 308 g/mol. The third-order valence-corrected chi connectivity index (χ3v) is 4.96. The summed E-state index contributed by atoms with van der Waals surface area (Å²) < 4.78 is 0. The summed E-state index contributed by atoms with van der Waals surface area (Å²) in [5.41, 5.74) is 1.88. The summed E-state index contributed by atoms with van der Waals surface area (Å²) in [7, 11) is 0. The molecule has 2 aromatic rings. The number of hydrogen-bond donors (Lipinski definition) is 1. The minimum atomic E-state index is -0.549. The number of carbonyl (C=O) groups is 2. The van der Waals surface area contributed by atoms with Gasteiger partial charge in [0.15, 0.2) is 0 Å². The average Bonchev–Trinajstić information content (AvgIpc) is 3.04. The molecule has 0 bridgehead atoms. The smallest absolute Gasteiger partial charge is 0.247 e. The van der Waals surface area contributed by atoms with E-state index in [0.717, 1.165) is 16.0 Å². The van der Waals surface area contributed by atoms with Crippen molar-refractivity contribution in [1.82, 2.24) is 10.2 Å². The van der Waals surface area contributed by atoms with E-state index in [2.05, 4.69) is 5.32 Å². The molecule has 1 aromatic heterocycles. The van der Waals surface area contributed by atoms with E-state index in [1.807, 2.05) is 55.6 Å². The van der Waals surface area contributed by atoms with Gasteiger partial charge in [0.05, 0.1) is 13.0 Å². The fourth-order valence-corrected chi connectivity index (χ4v) is 3.69. The van der Waals surface area contributed by atoms with Gasteiger partial charge in [-0.2, -0.15) is 0 Å². The van der Waals surface area contributed by atoms with E-state index in [-0.39, 0.29) is 17.9 Å². The number of amides is 2. The Balaban J connectivity index is 1.88. The lowest BCUT2D eigenvalue weighted by Gasteiger charge is -2.38. The van der Waals surface area contributed by atoms with E-state index < -0.39 is 6.04 Å². The first-order valence-corrected chi connectivity index (χ1v) is 8.65. The predicted octanol–water partition coefficient (Wildman–Crippen LogP) is 2.90. The van der Waals surface area contributed by atoms with Crippen molar-refractivity contribution < 1.29 is 9.59 Å². The fourth-order valence-electron chi connectivity index (χ4n) is 3.05. The molecule has 5 heteroatoms. The number of nitrogens with zero attached hydrogens (tertiary/aromatic N) is 1. The van der Waals surface area contributed by atoms with Gasteiger partial charge < -0.3 is 10.2 Å². The van der Waals surface area contributed by atoms with Crippen LogP contribution in [0.25, 0.3) is 0 Å². The largest absolute Gasteiger partial charge is 0.349 e. The van der Waals surface area contributed by atoms with Crippen LogP contribution >= 0.6 is 11.3 Å². The van der Waals surface area contributed by atoms with Gasteiger partial charge >= 0.3 is 0 Å². The van der Waals surface area contributed by atoms with Crippen LogP contribution < -0.4 is 5.32 Å². The summed E-state index contributed by atoms with van der Waals surface area (Å²) in [6, 6.07) is 11.1. The molecular formula is C18H20N2O2S. The highest BCUT2D eigenvalue weighted by atomic mass is 32.1. The van der Waals surface area contributed by atoms with E-state index in [1.54, 1.807) is 16.2 Å². The molecule has 3 rings (SSSR count). The molecule has 1 atom stereocenters. The van der Waals surface area contributed by atoms with Gasteiger partial charge in [-0.25, -0.2) is 0 Å². The Hall–Kier alpha value is -2.14. The van der Waals surface area contributed by atoms with Crippen LogP contribution in [0.1, 0.15) is 35.9 Å². The van der Waals surface area contributed by atoms with Gasteiger partial charge in [0.2, 0.25) is 11.8 Å². The third-order valence-electron chi connectivity index (χ3n) is 4.08. The van der Waals surface area contributed by atoms with Gasteiger partial charge in [0.1, 0.15) is 6.04 Å². The van der Waals surface area contributed by atoms with Crippen molar-refractivity contribution in [3.63, 3.8) is 0 Å². The maximum Gasteiger partial charge on any atom is 0.247 e. The van der Waals surface area contributed by atoms with Crippen LogP contribution in [0, 0.1) is 0 Å². The van der Waals surface area contributed by atoms with Crippen molar-refractivity contribution in [1.29, 1.82) is 0 Å². The lowest BCUT2D eigenvalue weighted by molar-refractivity contribution is -0.143. The van der Waals surface area contributed by atoms with E-state index in [4.69, 9.17) is 0 Å². The van der Waals surface area contributed by atoms with Gasteiger partial charge in [0.25, 0.3) is 0 Å². The Morgan fingerprint density at radius 2 is 2.09 bits per heavy atom. The molecule has 0 unspecified atom stereocenters. The first kappa shape index (κ1) is 15.7. The molecule has 120 valence electrons. The molecule has 2 heterocycles. The highest BCUT2D eigenvalue weighted by molar-refractivity contribution is 7.09. The maximum atomic E-state index is 12.8. The Labute approximate surface area is 140 Å². The second-order valence-corrected chi connectivity index (χ2v) is 7.00. The van der Waals surface area contributed by atoms with Crippen LogP contribution in [0.15, 0.2) is 41.8 Å². The fraction of sp³-hybridized carbons (Fsp3) is 0.333. The first-order valence-electron chi connectivity index (χ1n) is 7.77. The van der Waals surface area contributed by atoms with Crippen LogP contribution in [0.4, 0.5) is 0 Å². The number of nitrogens with one attached hydrogen (secondary N) is 1. The monoisotopic (exact) mass is 328 g/mol. The number of hydrogen-bond acceptors (Lipinski definition) is 3. The molecule has 0 saturated heterocycles. The molecule has 0 radical (unpaired) electrons. The van der Waals surface area contributed by atoms with E-state index in [9.17, 15) is 9.59 Å². The van der Waals surface area contributed by atoms with Gasteiger partial charge in [0, 0.05) is 10.9 Å². The Kier molecular flexibility index (Phi) is 4.48. The van der Waals surface area contributed by atoms with E-state index >= 15 is 0 Å². The first-order chi connectivity index (χ1) is 11.1. The van der Waals surface area contributed by atoms with Gasteiger partial charge in [-0.1, -0.05) is 30.3 Å². The van der Waals surface area contributed by atoms with Crippen LogP contribution in [-0.4, -0.2) is 22.8 Å². The molecule has 1 N–H and O–H groups in total. The lowest BCUT2D eigenvalue weighted by atomic mass is 9.90. The minimum Gasteiger partial charge on any atom is -0.349 e. The zero-order valence-corrected chi connectivity index (χ0v) is 14.1. The molecule has 0 spiro atoms. The van der Waals surface area contributed by atoms with Crippen molar-refractivity contribution in [2.75, 3.05) is 0 Å². The summed E-state index contributed by atoms with van der Waals surface area (Å²) in [5, 5.41) is 4.97. The summed E-state index contributed by atoms with van der Waals surface area (Å²) in [4.78, 5) is 28.1. The third kappa shape index (κ3) is 3.15. The lowest BCUT2D eigenvalue weighted by Crippen LogP contribution is -2.50. The second kappa shape index (κ2) is 6.54. The standard InChI is InChI=1S/C18H20N2O2S/c1-12(2)20-16(21)10-13-6-3-4-8-15(13)17(20)18(22)19-11-14-7-5-9-23-14/h3-9,12,17H,10-11H2,1-2H3,(H,19,22)/t17-/m0/s1. The Morgan fingerprint density at radius 3 is 2.78 bits per heavy atom. The highest BCUT2D eigenvalue weighted by Crippen LogP contribution is 2.32. The molecule has 4 nitrogen and oxygen atoms in total. The zero-order valence-electron chi connectivity index (χ0n) is 13.3. The van der Waals surface area contributed by atoms with Crippen LogP contribution in [0.3, 0.4) is 0 Å². The topological polar surface area (TPSA) is 49.4 Å². The van der Waals surface area contributed by atoms with Gasteiger partial charge in [-0.3, -0.25) is 9.59 Å². The predicted molar refractivity (Wildman–Crippen MR) is 91.0 cm³/mol. The minimum absolute atomic E-state index is 0.00923. The Morgan fingerprint density at radius 1 is 1.30 bits per heavy atom. The van der Waals surface area contributed by atoms with Gasteiger partial charge in [-0.05, 0) is 36.4 Å². The van der Waals surface area contributed by atoms with Crippen molar-refractivity contribution in [3.8, 4) is 0 Å². The summed E-state index contributed by atoms with van der Waals surface area (Å²) in [5.74, 6) is -0.109. The molecule has 1 aromatic carbocycles. The quantitative estimate of drug-likeness (QED) is 0.938. The second-order valence-electron chi connectivity index (χ2n) is 5.97. The number of thiophene rings is 1. The highest BCUT2D eigenvalue weighted by Gasteiger charge is 2.38. The van der Waals surface area contributed by atoms with Crippen LogP contribution in [0.2, 0.25) is 0 Å². The average molecular weight is 328 g/mol. The zero-order chi connectivity index (χ0) is 16.4. The van der Waals surface area contributed by atoms with Crippen molar-refractivity contribution in [2.45, 2.75) is 38.9 Å². The van der Waals surface area contributed by atoms with Crippen LogP contribution in [0.5, 0.6) is 0 Å². The molecule has 1 aliphatic heterocycles. The molecule has 23 heavy (non-hydrogen) atoms. The summed E-state index contributed by atoms with van der Waals surface area (Å²) >= 11 is 1.61. The molecule has 2 amide bonds. The number of benzene rings is 1. The molecule has 0 fully saturated rings. The molecule has 0 aliphatic carbocycles. The molecule has 0 saturated carbocycles. The maximum absolute atomic E-state index is 12.8. The summed E-state index contributed by atoms with van der Waals surface area (Å²) in [6.07, 6.45) is 0.364. The van der Waals surface area contributed by atoms with Crippen LogP contribution in [-0.2, 0) is 22.6 Å². The summed E-state index contributed by atoms with van der Waals surface area (Å²) in [6.45, 7) is 4.39. The van der Waals surface area contributed by atoms with Crippen molar-refractivity contribution in [3.05, 3.63) is 57.8 Å². The van der Waals surface area contributed by atoms with E-state index in [0.29, 0.717) is 13.0 Å². The van der Waals surface area contributed by atoms with E-state index in [1.165, 1.54) is 0 Å². The van der Waals surface area contributed by atoms with Crippen molar-refractivity contribution >= 4 is 23.2 Å².